The molecule has 0 aliphatic heterocycles. The highest BCUT2D eigenvalue weighted by atomic mass is 79.9. The molecule has 0 aliphatic carbocycles. The van der Waals surface area contributed by atoms with E-state index in [-0.39, 0.29) is 0 Å². The van der Waals surface area contributed by atoms with E-state index in [9.17, 15) is 0 Å². The molecule has 0 saturated carbocycles. The number of hydrogen-bond acceptors (Lipinski definition) is 1. The molecule has 0 amide bonds. The first-order chi connectivity index (χ1) is 3.68. The van der Waals surface area contributed by atoms with Crippen LogP contribution in [0.1, 0.15) is 20.3 Å². The molecule has 0 aromatic carbocycles. The largest absolute Gasteiger partial charge is 0.198 e. The number of alkyl halides is 1. The lowest BCUT2D eigenvalue weighted by atomic mass is 10.1. The van der Waals surface area contributed by atoms with E-state index in [1.807, 2.05) is 0 Å². The number of nitriles is 1. The molecule has 0 aromatic rings. The molecule has 1 unspecified atom stereocenters. The van der Waals surface area contributed by atoms with Gasteiger partial charge in [0.1, 0.15) is 0 Å². The fraction of sp³-hybridized carbons (Fsp3) is 0.833. The topological polar surface area (TPSA) is 23.8 Å². The van der Waals surface area contributed by atoms with E-state index in [1.54, 1.807) is 0 Å². The van der Waals surface area contributed by atoms with Gasteiger partial charge in [0.15, 0.2) is 0 Å². The van der Waals surface area contributed by atoms with Crippen LogP contribution in [0.15, 0.2) is 0 Å². The van der Waals surface area contributed by atoms with Crippen LogP contribution in [-0.4, -0.2) is 4.83 Å². The lowest BCUT2D eigenvalue weighted by molar-refractivity contribution is 0.600. The normalized spacial score (nSPS) is 16.8. The van der Waals surface area contributed by atoms with Gasteiger partial charge in [-0.15, -0.1) is 0 Å². The molecule has 0 spiro atoms. The predicted molar refractivity (Wildman–Crippen MR) is 37.8 cm³/mol. The summed E-state index contributed by atoms with van der Waals surface area (Å²) >= 11 is 3.39. The van der Waals surface area contributed by atoms with Crippen LogP contribution in [0.4, 0.5) is 0 Å². The molecular formula is C6H10BrN. The van der Waals surface area contributed by atoms with Crippen molar-refractivity contribution in [2.24, 2.45) is 5.92 Å². The van der Waals surface area contributed by atoms with E-state index in [2.05, 4.69) is 35.8 Å². The lowest BCUT2D eigenvalue weighted by Gasteiger charge is -2.07. The SMILES string of the molecule is CC(Br)[C@H](C)CC#N. The van der Waals surface area contributed by atoms with Gasteiger partial charge in [-0.3, -0.25) is 0 Å². The molecule has 0 fully saturated rings. The highest BCUT2D eigenvalue weighted by Crippen LogP contribution is 2.13. The van der Waals surface area contributed by atoms with Gasteiger partial charge in [0.05, 0.1) is 6.07 Å². The molecule has 2 heteroatoms. The third-order valence-electron chi connectivity index (χ3n) is 1.20. The Bertz CT molecular complexity index is 93.2. The number of hydrogen-bond donors (Lipinski definition) is 0. The van der Waals surface area contributed by atoms with E-state index in [1.165, 1.54) is 0 Å². The van der Waals surface area contributed by atoms with Crippen LogP contribution >= 0.6 is 15.9 Å². The van der Waals surface area contributed by atoms with Crippen LogP contribution in [0.25, 0.3) is 0 Å². The summed E-state index contributed by atoms with van der Waals surface area (Å²) in [5.41, 5.74) is 0. The summed E-state index contributed by atoms with van der Waals surface area (Å²) in [5.74, 6) is 0.472. The maximum Gasteiger partial charge on any atom is 0.0624 e. The smallest absolute Gasteiger partial charge is 0.0624 e. The summed E-state index contributed by atoms with van der Waals surface area (Å²) in [4.78, 5) is 0.460. The Morgan fingerprint density at radius 2 is 2.12 bits per heavy atom. The summed E-state index contributed by atoms with van der Waals surface area (Å²) in [6.45, 7) is 4.12. The molecule has 0 radical (unpaired) electrons. The minimum atomic E-state index is 0.460. The first-order valence-electron chi connectivity index (χ1n) is 2.69. The van der Waals surface area contributed by atoms with Crippen LogP contribution in [0, 0.1) is 17.2 Å². The van der Waals surface area contributed by atoms with Crippen molar-refractivity contribution in [3.05, 3.63) is 0 Å². The third-order valence-corrected chi connectivity index (χ3v) is 2.10. The van der Waals surface area contributed by atoms with Gasteiger partial charge < -0.3 is 0 Å². The van der Waals surface area contributed by atoms with Crippen molar-refractivity contribution in [1.82, 2.24) is 0 Å². The van der Waals surface area contributed by atoms with Gasteiger partial charge in [-0.2, -0.15) is 5.26 Å². The van der Waals surface area contributed by atoms with Crippen molar-refractivity contribution < 1.29 is 0 Å². The van der Waals surface area contributed by atoms with Gasteiger partial charge in [0, 0.05) is 11.2 Å². The minimum Gasteiger partial charge on any atom is -0.198 e. The van der Waals surface area contributed by atoms with Crippen molar-refractivity contribution in [1.29, 1.82) is 5.26 Å². The quantitative estimate of drug-likeness (QED) is 0.592. The zero-order valence-corrected chi connectivity index (χ0v) is 6.77. The van der Waals surface area contributed by atoms with Crippen LogP contribution in [0.2, 0.25) is 0 Å². The second-order valence-corrected chi connectivity index (χ2v) is 3.46. The summed E-state index contributed by atoms with van der Waals surface area (Å²) in [5, 5.41) is 8.21. The van der Waals surface area contributed by atoms with Crippen molar-refractivity contribution in [2.45, 2.75) is 25.1 Å². The first-order valence-corrected chi connectivity index (χ1v) is 3.61. The van der Waals surface area contributed by atoms with Crippen molar-refractivity contribution in [2.75, 3.05) is 0 Å². The predicted octanol–water partition coefficient (Wildman–Crippen LogP) is 2.32. The van der Waals surface area contributed by atoms with E-state index >= 15 is 0 Å². The van der Waals surface area contributed by atoms with Gasteiger partial charge in [-0.05, 0) is 5.92 Å². The highest BCUT2D eigenvalue weighted by molar-refractivity contribution is 9.09. The third kappa shape index (κ3) is 3.04. The van der Waals surface area contributed by atoms with Gasteiger partial charge in [0.2, 0.25) is 0 Å². The number of rotatable bonds is 2. The molecule has 1 nitrogen and oxygen atoms in total. The van der Waals surface area contributed by atoms with E-state index < -0.39 is 0 Å². The maximum atomic E-state index is 8.21. The molecule has 0 bridgehead atoms. The Balaban J connectivity index is 3.35. The Hall–Kier alpha value is -0.0300. The Morgan fingerprint density at radius 1 is 1.62 bits per heavy atom. The maximum absolute atomic E-state index is 8.21. The molecule has 0 N–H and O–H groups in total. The molecular weight excluding hydrogens is 166 g/mol. The average Bonchev–Trinajstić information content (AvgIpc) is 1.67. The molecule has 46 valence electrons. The number of halogens is 1. The Morgan fingerprint density at radius 3 is 2.25 bits per heavy atom. The molecule has 2 atom stereocenters. The lowest BCUT2D eigenvalue weighted by Crippen LogP contribution is -2.04. The fourth-order valence-corrected chi connectivity index (χ4v) is 0.493. The second kappa shape index (κ2) is 3.91. The van der Waals surface area contributed by atoms with E-state index in [0.29, 0.717) is 17.2 Å². The van der Waals surface area contributed by atoms with Gasteiger partial charge >= 0.3 is 0 Å². The van der Waals surface area contributed by atoms with Crippen LogP contribution in [0.3, 0.4) is 0 Å². The molecule has 8 heavy (non-hydrogen) atoms. The van der Waals surface area contributed by atoms with Crippen molar-refractivity contribution in [3.8, 4) is 6.07 Å². The first kappa shape index (κ1) is 7.97. The van der Waals surface area contributed by atoms with Crippen LogP contribution < -0.4 is 0 Å². The van der Waals surface area contributed by atoms with Gasteiger partial charge in [0.25, 0.3) is 0 Å². The zero-order valence-electron chi connectivity index (χ0n) is 5.19. The summed E-state index contributed by atoms with van der Waals surface area (Å²) in [6.07, 6.45) is 0.645. The fourth-order valence-electron chi connectivity index (χ4n) is 0.306. The van der Waals surface area contributed by atoms with Crippen LogP contribution in [-0.2, 0) is 0 Å². The monoisotopic (exact) mass is 175 g/mol. The Labute approximate surface area is 58.8 Å². The summed E-state index contributed by atoms with van der Waals surface area (Å²) in [7, 11) is 0. The van der Waals surface area contributed by atoms with Gasteiger partial charge in [-0.25, -0.2) is 0 Å². The molecule has 0 saturated heterocycles. The molecule has 0 heterocycles. The second-order valence-electron chi connectivity index (χ2n) is 2.02. The van der Waals surface area contributed by atoms with Crippen molar-refractivity contribution in [3.63, 3.8) is 0 Å². The summed E-state index contributed by atoms with van der Waals surface area (Å²) in [6, 6.07) is 2.12. The molecule has 0 aliphatic rings. The van der Waals surface area contributed by atoms with E-state index in [4.69, 9.17) is 5.26 Å². The van der Waals surface area contributed by atoms with Crippen molar-refractivity contribution >= 4 is 15.9 Å². The summed E-state index contributed by atoms with van der Waals surface area (Å²) < 4.78 is 0. The van der Waals surface area contributed by atoms with E-state index in [0.717, 1.165) is 0 Å². The molecule has 0 rings (SSSR count). The minimum absolute atomic E-state index is 0.460. The average molecular weight is 176 g/mol. The zero-order chi connectivity index (χ0) is 6.57. The highest BCUT2D eigenvalue weighted by Gasteiger charge is 2.05. The standard InChI is InChI=1S/C6H10BrN/c1-5(3-4-8)6(2)7/h5-6H,3H2,1-2H3/t5-,6?/m1/s1. The van der Waals surface area contributed by atoms with Gasteiger partial charge in [-0.1, -0.05) is 29.8 Å². The number of nitrogens with zero attached hydrogens (tertiary/aromatic N) is 1. The van der Waals surface area contributed by atoms with Crippen LogP contribution in [0.5, 0.6) is 0 Å². The molecule has 0 aromatic heterocycles. The Kier molecular flexibility index (Phi) is 3.90.